The maximum atomic E-state index is 13.2. The number of aromatic nitrogens is 2. The van der Waals surface area contributed by atoms with Gasteiger partial charge in [-0.05, 0) is 61.4 Å². The molecule has 0 bridgehead atoms. The second-order valence-corrected chi connectivity index (χ2v) is 9.16. The van der Waals surface area contributed by atoms with Gasteiger partial charge in [-0.1, -0.05) is 29.8 Å². The molecule has 174 valence electrons. The predicted octanol–water partition coefficient (Wildman–Crippen LogP) is 4.28. The highest BCUT2D eigenvalue weighted by Crippen LogP contribution is 2.31. The van der Waals surface area contributed by atoms with Gasteiger partial charge in [0.05, 0.1) is 11.0 Å². The first-order valence-electron chi connectivity index (χ1n) is 11.2. The number of aryl methyl sites for hydroxylation is 3. The zero-order chi connectivity index (χ0) is 23.7. The third kappa shape index (κ3) is 4.55. The Kier molecular flexibility index (Phi) is 6.61. The minimum absolute atomic E-state index is 0.0902. The Morgan fingerprint density at radius 1 is 1.12 bits per heavy atom. The highest BCUT2D eigenvalue weighted by molar-refractivity contribution is 6.31. The first-order chi connectivity index (χ1) is 15.8. The second kappa shape index (κ2) is 9.43. The van der Waals surface area contributed by atoms with Crippen molar-refractivity contribution in [2.45, 2.75) is 32.1 Å². The van der Waals surface area contributed by atoms with Gasteiger partial charge in [0.25, 0.3) is 0 Å². The Morgan fingerprint density at radius 2 is 1.82 bits per heavy atom. The normalized spacial score (nSPS) is 15.6. The summed E-state index contributed by atoms with van der Waals surface area (Å²) in [6, 6.07) is 11.2. The molecule has 3 aromatic rings. The number of carbonyl (C=O) groups is 2. The van der Waals surface area contributed by atoms with E-state index < -0.39 is 6.09 Å². The van der Waals surface area contributed by atoms with Crippen LogP contribution < -0.4 is 5.69 Å². The molecule has 0 saturated carbocycles. The molecule has 0 aliphatic heterocycles. The highest BCUT2D eigenvalue weighted by Gasteiger charge is 2.28. The topological polar surface area (TPSA) is 84.5 Å². The van der Waals surface area contributed by atoms with Crippen LogP contribution in [0.2, 0.25) is 5.02 Å². The molecule has 1 aromatic heterocycles. The van der Waals surface area contributed by atoms with Gasteiger partial charge in [-0.3, -0.25) is 13.9 Å². The number of Topliss-reactive ketones (excluding diaryl/α,β-unsaturated/α-hetero) is 1. The molecule has 1 unspecified atom stereocenters. The number of hydrogen-bond donors (Lipinski definition) is 1. The standard InChI is InChI=1S/C25H28ClN3O4/c1-27-21-14-18-10-9-17(23(30)19(18)15-22(21)28(2)24(27)31)7-5-12-29(25(32)33)13-11-16-6-3-4-8-20(16)26/h3-4,6,8,14-15,17H,5,7,9-13H2,1-2H3,(H,32,33). The molecule has 1 heterocycles. The van der Waals surface area contributed by atoms with E-state index in [0.717, 1.165) is 35.0 Å². The van der Waals surface area contributed by atoms with Crippen LogP contribution >= 0.6 is 11.6 Å². The van der Waals surface area contributed by atoms with Gasteiger partial charge < -0.3 is 10.0 Å². The molecular weight excluding hydrogens is 442 g/mol. The smallest absolute Gasteiger partial charge is 0.407 e. The van der Waals surface area contributed by atoms with Crippen LogP contribution in [0.15, 0.2) is 41.2 Å². The summed E-state index contributed by atoms with van der Waals surface area (Å²) in [5.74, 6) is -0.0395. The van der Waals surface area contributed by atoms with Crippen molar-refractivity contribution in [1.82, 2.24) is 14.0 Å². The summed E-state index contributed by atoms with van der Waals surface area (Å²) in [6.45, 7) is 0.739. The average molecular weight is 470 g/mol. The highest BCUT2D eigenvalue weighted by atomic mass is 35.5. The summed E-state index contributed by atoms with van der Waals surface area (Å²) in [4.78, 5) is 38.5. The van der Waals surface area contributed by atoms with Crippen LogP contribution in [0.3, 0.4) is 0 Å². The molecule has 7 nitrogen and oxygen atoms in total. The number of amides is 1. The number of nitrogens with zero attached hydrogens (tertiary/aromatic N) is 3. The molecular formula is C25H28ClN3O4. The van der Waals surface area contributed by atoms with Crippen molar-refractivity contribution in [2.75, 3.05) is 13.1 Å². The minimum atomic E-state index is -0.963. The molecule has 1 aliphatic carbocycles. The van der Waals surface area contributed by atoms with Gasteiger partial charge in [0, 0.05) is 43.7 Å². The number of halogens is 1. The zero-order valence-corrected chi connectivity index (χ0v) is 19.6. The molecule has 33 heavy (non-hydrogen) atoms. The maximum absolute atomic E-state index is 13.2. The average Bonchev–Trinajstić information content (AvgIpc) is 3.01. The molecule has 1 atom stereocenters. The van der Waals surface area contributed by atoms with Gasteiger partial charge in [-0.2, -0.15) is 0 Å². The van der Waals surface area contributed by atoms with E-state index in [4.69, 9.17) is 11.6 Å². The molecule has 0 spiro atoms. The Hall–Kier alpha value is -3.06. The van der Waals surface area contributed by atoms with Crippen LogP contribution in [0.25, 0.3) is 11.0 Å². The number of fused-ring (bicyclic) bond motifs is 2. The van der Waals surface area contributed by atoms with Crippen molar-refractivity contribution >= 4 is 34.5 Å². The van der Waals surface area contributed by atoms with Crippen molar-refractivity contribution in [3.63, 3.8) is 0 Å². The number of carbonyl (C=O) groups excluding carboxylic acids is 1. The molecule has 1 amide bonds. The van der Waals surface area contributed by atoms with Crippen LogP contribution in [0, 0.1) is 5.92 Å². The lowest BCUT2D eigenvalue weighted by atomic mass is 9.80. The molecule has 8 heteroatoms. The molecule has 2 aromatic carbocycles. The Labute approximate surface area is 197 Å². The Morgan fingerprint density at radius 3 is 2.52 bits per heavy atom. The van der Waals surface area contributed by atoms with Gasteiger partial charge in [0.2, 0.25) is 0 Å². The number of rotatable bonds is 7. The minimum Gasteiger partial charge on any atom is -0.465 e. The summed E-state index contributed by atoms with van der Waals surface area (Å²) in [6.07, 6.45) is 2.36. The van der Waals surface area contributed by atoms with E-state index in [2.05, 4.69) is 0 Å². The van der Waals surface area contributed by atoms with Crippen LogP contribution in [-0.2, 0) is 26.9 Å². The van der Waals surface area contributed by atoms with E-state index in [-0.39, 0.29) is 17.4 Å². The SMILES string of the molecule is Cn1c(=O)n(C)c2cc3c(cc21)CCC(CCCN(CCc1ccccc1Cl)C(=O)O)C3=O. The molecule has 0 fully saturated rings. The lowest BCUT2D eigenvalue weighted by Crippen LogP contribution is -2.33. The fourth-order valence-corrected chi connectivity index (χ4v) is 5.00. The number of carboxylic acid groups (broad SMARTS) is 1. The Balaban J connectivity index is 1.40. The van der Waals surface area contributed by atoms with E-state index in [1.54, 1.807) is 29.3 Å². The van der Waals surface area contributed by atoms with E-state index in [9.17, 15) is 19.5 Å². The summed E-state index contributed by atoms with van der Waals surface area (Å²) >= 11 is 6.18. The molecule has 1 N–H and O–H groups in total. The van der Waals surface area contributed by atoms with Crippen LogP contribution in [-0.4, -0.2) is 44.1 Å². The van der Waals surface area contributed by atoms with Crippen LogP contribution in [0.4, 0.5) is 4.79 Å². The number of imidazole rings is 1. The maximum Gasteiger partial charge on any atom is 0.407 e. The van der Waals surface area contributed by atoms with Gasteiger partial charge in [0.15, 0.2) is 5.78 Å². The fourth-order valence-electron chi connectivity index (χ4n) is 4.77. The van der Waals surface area contributed by atoms with Gasteiger partial charge in [-0.15, -0.1) is 0 Å². The summed E-state index contributed by atoms with van der Waals surface area (Å²) in [5.41, 5.74) is 4.08. The zero-order valence-electron chi connectivity index (χ0n) is 18.9. The first-order valence-corrected chi connectivity index (χ1v) is 11.6. The first kappa shape index (κ1) is 23.1. The van der Waals surface area contributed by atoms with E-state index in [0.29, 0.717) is 42.9 Å². The fraction of sp³-hybridized carbons (Fsp3) is 0.400. The van der Waals surface area contributed by atoms with Gasteiger partial charge in [0.1, 0.15) is 0 Å². The van der Waals surface area contributed by atoms with Crippen molar-refractivity contribution in [3.05, 3.63) is 68.6 Å². The quantitative estimate of drug-likeness (QED) is 0.559. The lowest BCUT2D eigenvalue weighted by Gasteiger charge is -2.25. The monoisotopic (exact) mass is 469 g/mol. The number of ketones is 1. The molecule has 0 radical (unpaired) electrons. The van der Waals surface area contributed by atoms with Crippen molar-refractivity contribution in [2.24, 2.45) is 20.0 Å². The van der Waals surface area contributed by atoms with Crippen LogP contribution in [0.1, 0.15) is 40.7 Å². The third-order valence-corrected chi connectivity index (χ3v) is 7.12. The van der Waals surface area contributed by atoms with Gasteiger partial charge in [-0.25, -0.2) is 9.59 Å². The number of benzene rings is 2. The van der Waals surface area contributed by atoms with Crippen molar-refractivity contribution in [1.29, 1.82) is 0 Å². The summed E-state index contributed by atoms with van der Waals surface area (Å²) < 4.78 is 3.17. The largest absolute Gasteiger partial charge is 0.465 e. The molecule has 0 saturated heterocycles. The third-order valence-electron chi connectivity index (χ3n) is 6.76. The lowest BCUT2D eigenvalue weighted by molar-refractivity contribution is 0.0890. The van der Waals surface area contributed by atoms with E-state index >= 15 is 0 Å². The number of hydrogen-bond acceptors (Lipinski definition) is 3. The second-order valence-electron chi connectivity index (χ2n) is 8.75. The van der Waals surface area contributed by atoms with E-state index in [1.807, 2.05) is 30.3 Å². The van der Waals surface area contributed by atoms with Gasteiger partial charge >= 0.3 is 11.8 Å². The molecule has 4 rings (SSSR count). The van der Waals surface area contributed by atoms with E-state index in [1.165, 1.54) is 4.90 Å². The van der Waals surface area contributed by atoms with Crippen molar-refractivity contribution < 1.29 is 14.7 Å². The predicted molar refractivity (Wildman–Crippen MR) is 128 cm³/mol. The Bertz CT molecular complexity index is 1280. The molecule has 1 aliphatic rings. The van der Waals surface area contributed by atoms with Crippen LogP contribution in [0.5, 0.6) is 0 Å². The van der Waals surface area contributed by atoms with Crippen molar-refractivity contribution in [3.8, 4) is 0 Å². The summed E-state index contributed by atoms with van der Waals surface area (Å²) in [5, 5.41) is 10.2. The summed E-state index contributed by atoms with van der Waals surface area (Å²) in [7, 11) is 3.45.